The number of hydrogen-bond donors (Lipinski definition) is 1. The number of rotatable bonds is 3. The van der Waals surface area contributed by atoms with Gasteiger partial charge in [0.25, 0.3) is 0 Å². The van der Waals surface area contributed by atoms with Crippen molar-refractivity contribution in [3.05, 3.63) is 0 Å². The molecule has 2 bridgehead atoms. The number of nitrogens with zero attached hydrogens (tertiary/aromatic N) is 1. The lowest BCUT2D eigenvalue weighted by Crippen LogP contribution is -2.37. The summed E-state index contributed by atoms with van der Waals surface area (Å²) >= 11 is 0. The fourth-order valence-electron chi connectivity index (χ4n) is 2.59. The fourth-order valence-corrected chi connectivity index (χ4v) is 2.59. The van der Waals surface area contributed by atoms with E-state index in [-0.39, 0.29) is 18.7 Å². The normalized spacial score (nSPS) is 29.6. The van der Waals surface area contributed by atoms with E-state index in [4.69, 9.17) is 5.11 Å². The second-order valence-electron chi connectivity index (χ2n) is 4.27. The highest BCUT2D eigenvalue weighted by molar-refractivity contribution is 5.81. The Bertz CT molecular complexity index is 264. The minimum atomic E-state index is -0.886. The highest BCUT2D eigenvalue weighted by Crippen LogP contribution is 2.37. The first kappa shape index (κ1) is 9.49. The van der Waals surface area contributed by atoms with E-state index < -0.39 is 5.97 Å². The maximum Gasteiger partial charge on any atom is 0.303 e. The SMILES string of the molecule is O=C(O)CCC(=O)N1C[C@H]2CC[C@H]1C2. The van der Waals surface area contributed by atoms with Gasteiger partial charge in [-0.1, -0.05) is 0 Å². The van der Waals surface area contributed by atoms with E-state index in [9.17, 15) is 9.59 Å². The van der Waals surface area contributed by atoms with Gasteiger partial charge in [-0.15, -0.1) is 0 Å². The summed E-state index contributed by atoms with van der Waals surface area (Å²) in [5.41, 5.74) is 0. The zero-order valence-electron chi connectivity index (χ0n) is 8.11. The van der Waals surface area contributed by atoms with Gasteiger partial charge in [0.1, 0.15) is 0 Å². The van der Waals surface area contributed by atoms with Crippen LogP contribution >= 0.6 is 0 Å². The van der Waals surface area contributed by atoms with Crippen molar-refractivity contribution in [1.29, 1.82) is 0 Å². The van der Waals surface area contributed by atoms with Crippen LogP contribution in [-0.2, 0) is 9.59 Å². The molecule has 1 amide bonds. The first-order chi connectivity index (χ1) is 6.66. The molecular weight excluding hydrogens is 182 g/mol. The van der Waals surface area contributed by atoms with Gasteiger partial charge in [0.2, 0.25) is 5.91 Å². The predicted octanol–water partition coefficient (Wildman–Crippen LogP) is 0.862. The molecule has 0 spiro atoms. The number of carbonyl (C=O) groups excluding carboxylic acids is 1. The molecular formula is C10H15NO3. The standard InChI is InChI=1S/C10H15NO3/c12-9(3-4-10(13)14)11-6-7-1-2-8(11)5-7/h7-8H,1-6H2,(H,13,14)/t7-,8-/m0/s1. The molecule has 2 fully saturated rings. The second-order valence-corrected chi connectivity index (χ2v) is 4.27. The largest absolute Gasteiger partial charge is 0.481 e. The molecule has 78 valence electrons. The number of piperidine rings is 1. The Labute approximate surface area is 82.9 Å². The van der Waals surface area contributed by atoms with Crippen LogP contribution in [0.3, 0.4) is 0 Å². The Morgan fingerprint density at radius 1 is 1.29 bits per heavy atom. The van der Waals surface area contributed by atoms with Gasteiger partial charge in [-0.3, -0.25) is 9.59 Å². The number of carbonyl (C=O) groups is 2. The van der Waals surface area contributed by atoms with Gasteiger partial charge in [-0.2, -0.15) is 0 Å². The van der Waals surface area contributed by atoms with Crippen molar-refractivity contribution in [2.45, 2.75) is 38.1 Å². The highest BCUT2D eigenvalue weighted by Gasteiger charge is 2.39. The lowest BCUT2D eigenvalue weighted by Gasteiger charge is -2.26. The van der Waals surface area contributed by atoms with E-state index in [1.807, 2.05) is 4.90 Å². The molecule has 14 heavy (non-hydrogen) atoms. The Kier molecular flexibility index (Phi) is 2.44. The van der Waals surface area contributed by atoms with Gasteiger partial charge in [0.15, 0.2) is 0 Å². The lowest BCUT2D eigenvalue weighted by atomic mass is 10.1. The Balaban J connectivity index is 1.84. The van der Waals surface area contributed by atoms with Gasteiger partial charge in [-0.05, 0) is 25.2 Å². The smallest absolute Gasteiger partial charge is 0.303 e. The fraction of sp³-hybridized carbons (Fsp3) is 0.800. The van der Waals surface area contributed by atoms with Crippen molar-refractivity contribution in [1.82, 2.24) is 4.90 Å². The molecule has 0 radical (unpaired) electrons. The quantitative estimate of drug-likeness (QED) is 0.730. The molecule has 1 aliphatic carbocycles. The number of likely N-dealkylation sites (tertiary alicyclic amines) is 1. The third kappa shape index (κ3) is 1.74. The summed E-state index contributed by atoms with van der Waals surface area (Å²) in [5, 5.41) is 8.47. The van der Waals surface area contributed by atoms with Crippen molar-refractivity contribution in [2.24, 2.45) is 5.92 Å². The van der Waals surface area contributed by atoms with Crippen molar-refractivity contribution in [2.75, 3.05) is 6.54 Å². The average molecular weight is 197 g/mol. The molecule has 1 heterocycles. The summed E-state index contributed by atoms with van der Waals surface area (Å²) in [5.74, 6) is -0.170. The van der Waals surface area contributed by atoms with Crippen molar-refractivity contribution >= 4 is 11.9 Å². The molecule has 1 N–H and O–H groups in total. The van der Waals surface area contributed by atoms with Crippen molar-refractivity contribution in [3.8, 4) is 0 Å². The van der Waals surface area contributed by atoms with Crippen LogP contribution in [0.15, 0.2) is 0 Å². The zero-order valence-corrected chi connectivity index (χ0v) is 8.11. The predicted molar refractivity (Wildman–Crippen MR) is 49.7 cm³/mol. The first-order valence-corrected chi connectivity index (χ1v) is 5.18. The molecule has 4 nitrogen and oxygen atoms in total. The average Bonchev–Trinajstić information content (AvgIpc) is 2.74. The van der Waals surface area contributed by atoms with Gasteiger partial charge in [-0.25, -0.2) is 0 Å². The molecule has 2 rings (SSSR count). The topological polar surface area (TPSA) is 57.6 Å². The molecule has 0 aromatic heterocycles. The summed E-state index contributed by atoms with van der Waals surface area (Å²) in [6, 6.07) is 0.418. The molecule has 1 saturated heterocycles. The summed E-state index contributed by atoms with van der Waals surface area (Å²) in [6.45, 7) is 0.864. The molecule has 0 aromatic carbocycles. The van der Waals surface area contributed by atoms with E-state index in [2.05, 4.69) is 0 Å². The maximum atomic E-state index is 11.6. The van der Waals surface area contributed by atoms with Crippen LogP contribution < -0.4 is 0 Å². The van der Waals surface area contributed by atoms with Crippen molar-refractivity contribution in [3.63, 3.8) is 0 Å². The zero-order chi connectivity index (χ0) is 10.1. The van der Waals surface area contributed by atoms with Crippen LogP contribution in [0.25, 0.3) is 0 Å². The van der Waals surface area contributed by atoms with Gasteiger partial charge < -0.3 is 10.0 Å². The van der Waals surface area contributed by atoms with E-state index in [1.165, 1.54) is 6.42 Å². The van der Waals surface area contributed by atoms with Crippen molar-refractivity contribution < 1.29 is 14.7 Å². The Morgan fingerprint density at radius 2 is 2.07 bits per heavy atom. The molecule has 0 aromatic rings. The van der Waals surface area contributed by atoms with Crippen LogP contribution in [-0.4, -0.2) is 34.5 Å². The van der Waals surface area contributed by atoms with Gasteiger partial charge in [0, 0.05) is 19.0 Å². The van der Waals surface area contributed by atoms with Gasteiger partial charge >= 0.3 is 5.97 Å². The van der Waals surface area contributed by atoms with E-state index in [0.29, 0.717) is 12.0 Å². The monoisotopic (exact) mass is 197 g/mol. The molecule has 4 heteroatoms. The summed E-state index contributed by atoms with van der Waals surface area (Å²) in [7, 11) is 0. The maximum absolute atomic E-state index is 11.6. The first-order valence-electron chi connectivity index (χ1n) is 5.18. The summed E-state index contributed by atoms with van der Waals surface area (Å²) < 4.78 is 0. The van der Waals surface area contributed by atoms with Gasteiger partial charge in [0.05, 0.1) is 6.42 Å². The third-order valence-corrected chi connectivity index (χ3v) is 3.28. The van der Waals surface area contributed by atoms with E-state index in [1.54, 1.807) is 0 Å². The minimum absolute atomic E-state index is 0.0274. The number of carboxylic acid groups (broad SMARTS) is 1. The molecule has 0 unspecified atom stereocenters. The van der Waals surface area contributed by atoms with Crippen LogP contribution in [0.4, 0.5) is 0 Å². The van der Waals surface area contributed by atoms with Crippen LogP contribution in [0.1, 0.15) is 32.1 Å². The van der Waals surface area contributed by atoms with Crippen LogP contribution in [0, 0.1) is 5.92 Å². The summed E-state index contributed by atoms with van der Waals surface area (Å²) in [4.78, 5) is 23.8. The Hall–Kier alpha value is -1.06. The highest BCUT2D eigenvalue weighted by atomic mass is 16.4. The molecule has 1 saturated carbocycles. The van der Waals surface area contributed by atoms with Crippen LogP contribution in [0.5, 0.6) is 0 Å². The molecule has 1 aliphatic heterocycles. The number of carboxylic acids is 1. The number of hydrogen-bond acceptors (Lipinski definition) is 2. The molecule has 2 atom stereocenters. The number of amides is 1. The lowest BCUT2D eigenvalue weighted by molar-refractivity contribution is -0.141. The second kappa shape index (κ2) is 3.59. The Morgan fingerprint density at radius 3 is 2.57 bits per heavy atom. The molecule has 2 aliphatic rings. The number of aliphatic carboxylic acids is 1. The third-order valence-electron chi connectivity index (χ3n) is 3.28. The minimum Gasteiger partial charge on any atom is -0.481 e. The summed E-state index contributed by atoms with van der Waals surface area (Å²) in [6.07, 6.45) is 3.63. The van der Waals surface area contributed by atoms with E-state index in [0.717, 1.165) is 19.4 Å². The van der Waals surface area contributed by atoms with E-state index >= 15 is 0 Å². The van der Waals surface area contributed by atoms with Crippen LogP contribution in [0.2, 0.25) is 0 Å². The number of fused-ring (bicyclic) bond motifs is 2.